The lowest BCUT2D eigenvalue weighted by Crippen LogP contribution is -2.38. The van der Waals surface area contributed by atoms with Gasteiger partial charge in [-0.3, -0.25) is 0 Å². The van der Waals surface area contributed by atoms with E-state index in [1.807, 2.05) is 0 Å². The molecular weight excluding hydrogens is 334 g/mol. The number of rotatable bonds is 2. The van der Waals surface area contributed by atoms with Crippen LogP contribution in [0.4, 0.5) is 5.82 Å². The fourth-order valence-electron chi connectivity index (χ4n) is 4.00. The Kier molecular flexibility index (Phi) is 4.39. The molecule has 144 valence electrons. The van der Waals surface area contributed by atoms with Crippen LogP contribution in [0.3, 0.4) is 0 Å². The third kappa shape index (κ3) is 3.23. The van der Waals surface area contributed by atoms with Crippen molar-refractivity contribution in [2.45, 2.75) is 66.4 Å². The Hall–Kier alpha value is -1.93. The summed E-state index contributed by atoms with van der Waals surface area (Å²) in [6.07, 6.45) is 0.247. The van der Waals surface area contributed by atoms with E-state index in [9.17, 15) is 9.90 Å². The van der Waals surface area contributed by atoms with E-state index in [0.29, 0.717) is 11.2 Å². The minimum Gasteiger partial charge on any atom is -0.388 e. The van der Waals surface area contributed by atoms with Gasteiger partial charge in [0, 0.05) is 5.92 Å². The van der Waals surface area contributed by atoms with Gasteiger partial charge in [-0.05, 0) is 17.3 Å². The monoisotopic (exact) mass is 363 g/mol. The number of hydrogen-bond acceptors (Lipinski definition) is 6. The molecule has 8 heteroatoms. The molecule has 0 radical (unpaired) electrons. The number of nitrogens with one attached hydrogen (secondary N) is 1. The Morgan fingerprint density at radius 2 is 1.92 bits per heavy atom. The van der Waals surface area contributed by atoms with Crippen LogP contribution in [-0.2, 0) is 4.74 Å². The summed E-state index contributed by atoms with van der Waals surface area (Å²) in [5.74, 6) is 0.0692. The number of nitrogens with two attached hydrogens (primary N) is 1. The summed E-state index contributed by atoms with van der Waals surface area (Å²) < 4.78 is 7.61. The molecule has 8 nitrogen and oxygen atoms in total. The zero-order chi connectivity index (χ0) is 19.4. The number of anilines is 1. The number of aromatic nitrogens is 4. The lowest BCUT2D eigenvalue weighted by atomic mass is 9.71. The Labute approximate surface area is 152 Å². The fourth-order valence-corrected chi connectivity index (χ4v) is 4.00. The summed E-state index contributed by atoms with van der Waals surface area (Å²) in [6, 6.07) is 0. The summed E-state index contributed by atoms with van der Waals surface area (Å²) in [5, 5.41) is 11.1. The van der Waals surface area contributed by atoms with Crippen LogP contribution in [0.1, 0.15) is 54.2 Å². The molecule has 1 saturated heterocycles. The topological polar surface area (TPSA) is 119 Å². The zero-order valence-corrected chi connectivity index (χ0v) is 16.3. The van der Waals surface area contributed by atoms with E-state index in [0.717, 1.165) is 6.42 Å². The van der Waals surface area contributed by atoms with Gasteiger partial charge in [0.05, 0.1) is 6.10 Å². The quantitative estimate of drug-likeness (QED) is 0.751. The Morgan fingerprint density at radius 1 is 1.27 bits per heavy atom. The molecule has 3 rings (SSSR count). The van der Waals surface area contributed by atoms with Crippen LogP contribution in [0.25, 0.3) is 11.2 Å². The molecular formula is C18H29N5O3. The van der Waals surface area contributed by atoms with Gasteiger partial charge < -0.3 is 20.6 Å². The molecule has 1 aliphatic heterocycles. The normalized spacial score (nSPS) is 27.3. The van der Waals surface area contributed by atoms with Crippen LogP contribution in [0.2, 0.25) is 0 Å². The largest absolute Gasteiger partial charge is 0.388 e. The van der Waals surface area contributed by atoms with Crippen LogP contribution in [0, 0.1) is 16.7 Å². The van der Waals surface area contributed by atoms with Crippen LogP contribution in [0.5, 0.6) is 0 Å². The molecule has 0 spiro atoms. The Balaban J connectivity index is 2.08. The number of nitrogen functional groups attached to an aromatic ring is 1. The van der Waals surface area contributed by atoms with Crippen molar-refractivity contribution in [2.24, 2.45) is 16.7 Å². The maximum atomic E-state index is 12.6. The third-order valence-corrected chi connectivity index (χ3v) is 4.98. The number of H-pyrrole nitrogens is 1. The standard InChI is InChI=1S/C18H29N5O3/c1-17(2,3)7-9-10(18(4,5)6)12(24)15(26-9)23-14-11(22-16(23)25)13(19)20-8-21-14/h8-10,12,15,24H,7H2,1-6H3,(H,22,25)(H2,19,20,21)/t9-,10+,12?,15-/m1/s1. The van der Waals surface area contributed by atoms with E-state index < -0.39 is 18.0 Å². The van der Waals surface area contributed by atoms with Gasteiger partial charge in [0.2, 0.25) is 0 Å². The first-order chi connectivity index (χ1) is 11.9. The number of ether oxygens (including phenoxy) is 1. The van der Waals surface area contributed by atoms with Crippen LogP contribution in [0.15, 0.2) is 11.1 Å². The molecule has 4 N–H and O–H groups in total. The van der Waals surface area contributed by atoms with E-state index in [-0.39, 0.29) is 28.7 Å². The van der Waals surface area contributed by atoms with Crippen molar-refractivity contribution < 1.29 is 9.84 Å². The van der Waals surface area contributed by atoms with Crippen LogP contribution >= 0.6 is 0 Å². The first kappa shape index (κ1) is 18.8. The Morgan fingerprint density at radius 3 is 2.50 bits per heavy atom. The first-order valence-electron chi connectivity index (χ1n) is 8.94. The molecule has 0 saturated carbocycles. The fraction of sp³-hybridized carbons (Fsp3) is 0.722. The second kappa shape index (κ2) is 6.06. The molecule has 0 aliphatic carbocycles. The predicted molar refractivity (Wildman–Crippen MR) is 99.5 cm³/mol. The molecule has 0 aromatic carbocycles. The molecule has 1 aliphatic rings. The molecule has 26 heavy (non-hydrogen) atoms. The highest BCUT2D eigenvalue weighted by Gasteiger charge is 2.51. The predicted octanol–water partition coefficient (Wildman–Crippen LogP) is 2.06. The van der Waals surface area contributed by atoms with Gasteiger partial charge in [-0.2, -0.15) is 0 Å². The van der Waals surface area contributed by atoms with E-state index >= 15 is 0 Å². The maximum Gasteiger partial charge on any atom is 0.330 e. The highest BCUT2D eigenvalue weighted by Crippen LogP contribution is 2.47. The van der Waals surface area contributed by atoms with Crippen molar-refractivity contribution in [3.63, 3.8) is 0 Å². The number of imidazole rings is 1. The average molecular weight is 363 g/mol. The minimum absolute atomic E-state index is 0.0283. The first-order valence-corrected chi connectivity index (χ1v) is 8.94. The van der Waals surface area contributed by atoms with Crippen molar-refractivity contribution in [3.8, 4) is 0 Å². The van der Waals surface area contributed by atoms with Crippen molar-refractivity contribution in [3.05, 3.63) is 16.8 Å². The number of hydrogen-bond donors (Lipinski definition) is 3. The van der Waals surface area contributed by atoms with Crippen molar-refractivity contribution in [1.29, 1.82) is 0 Å². The number of aliphatic hydroxyl groups excluding tert-OH is 1. The summed E-state index contributed by atoms with van der Waals surface area (Å²) in [5.41, 5.74) is 5.97. The summed E-state index contributed by atoms with van der Waals surface area (Å²) in [6.45, 7) is 12.7. The zero-order valence-electron chi connectivity index (χ0n) is 16.3. The summed E-state index contributed by atoms with van der Waals surface area (Å²) in [4.78, 5) is 23.3. The molecule has 1 fully saturated rings. The molecule has 1 unspecified atom stereocenters. The van der Waals surface area contributed by atoms with E-state index in [4.69, 9.17) is 10.5 Å². The number of aromatic amines is 1. The molecule has 2 aromatic heterocycles. The van der Waals surface area contributed by atoms with Gasteiger partial charge >= 0.3 is 5.69 Å². The second-order valence-electron chi connectivity index (χ2n) is 9.47. The highest BCUT2D eigenvalue weighted by atomic mass is 16.5. The van der Waals surface area contributed by atoms with Crippen LogP contribution in [-0.4, -0.2) is 36.8 Å². The second-order valence-corrected chi connectivity index (χ2v) is 9.47. The SMILES string of the molecule is CC(C)(C)C[C@H]1O[C@@H](n2c(=O)[nH]c3c(N)ncnc32)C(O)[C@H]1C(C)(C)C. The number of fused-ring (bicyclic) bond motifs is 1. The molecule has 2 aromatic rings. The van der Waals surface area contributed by atoms with Gasteiger partial charge in [0.25, 0.3) is 0 Å². The molecule has 4 atom stereocenters. The maximum absolute atomic E-state index is 12.6. The lowest BCUT2D eigenvalue weighted by molar-refractivity contribution is -0.0467. The molecule has 3 heterocycles. The number of aliphatic hydroxyl groups is 1. The van der Waals surface area contributed by atoms with Gasteiger partial charge in [-0.15, -0.1) is 0 Å². The van der Waals surface area contributed by atoms with Crippen LogP contribution < -0.4 is 11.4 Å². The lowest BCUT2D eigenvalue weighted by Gasteiger charge is -2.35. The summed E-state index contributed by atoms with van der Waals surface area (Å²) >= 11 is 0. The summed E-state index contributed by atoms with van der Waals surface area (Å²) in [7, 11) is 0. The van der Waals surface area contributed by atoms with Gasteiger partial charge in [-0.25, -0.2) is 19.3 Å². The van der Waals surface area contributed by atoms with Crippen molar-refractivity contribution >= 4 is 17.0 Å². The third-order valence-electron chi connectivity index (χ3n) is 4.98. The highest BCUT2D eigenvalue weighted by molar-refractivity contribution is 5.81. The van der Waals surface area contributed by atoms with Gasteiger partial charge in [0.15, 0.2) is 17.7 Å². The van der Waals surface area contributed by atoms with Crippen molar-refractivity contribution in [2.75, 3.05) is 5.73 Å². The smallest absolute Gasteiger partial charge is 0.330 e. The number of nitrogens with zero attached hydrogens (tertiary/aromatic N) is 3. The Bertz CT molecular complexity index is 858. The minimum atomic E-state index is -0.838. The van der Waals surface area contributed by atoms with Gasteiger partial charge in [0.1, 0.15) is 17.9 Å². The van der Waals surface area contributed by atoms with E-state index in [1.165, 1.54) is 10.9 Å². The van der Waals surface area contributed by atoms with Gasteiger partial charge in [-0.1, -0.05) is 41.5 Å². The van der Waals surface area contributed by atoms with Crippen molar-refractivity contribution in [1.82, 2.24) is 19.5 Å². The molecule has 0 amide bonds. The average Bonchev–Trinajstić information content (AvgIpc) is 2.94. The van der Waals surface area contributed by atoms with E-state index in [2.05, 4.69) is 56.5 Å². The molecule has 0 bridgehead atoms. The van der Waals surface area contributed by atoms with E-state index in [1.54, 1.807) is 0 Å².